The summed E-state index contributed by atoms with van der Waals surface area (Å²) in [6.45, 7) is 0. The molecule has 1 aliphatic carbocycles. The van der Waals surface area contributed by atoms with Crippen molar-refractivity contribution in [3.05, 3.63) is 241 Å². The predicted octanol–water partition coefficient (Wildman–Crippen LogP) is 15.4. The van der Waals surface area contributed by atoms with Gasteiger partial charge in [0.15, 0.2) is 0 Å². The Hall–Kier alpha value is -7.68. The smallest absolute Gasteiger partial charge is 0.0541 e. The standard InChI is InChI=1S/C58H40N2/c1-3-13-39(14-4-1)42-19-11-23-50(37-42)59(55-34-28-47-36-45-21-10-18-41-17-9-20-44(57(41)45)35-46-22-12-25-52(55)58(46)47)48-29-31-49(32-30-48)60-54-26-8-7-24-51(54)53-38-43(27-33-56(53)60)40-15-5-2-6-16-40/h1-34,37-38H,35-36H2. The Bertz CT molecular complexity index is 3370. The Morgan fingerprint density at radius 3 is 1.63 bits per heavy atom. The minimum absolute atomic E-state index is 0.895. The van der Waals surface area contributed by atoms with E-state index < -0.39 is 0 Å². The largest absolute Gasteiger partial charge is 0.310 e. The van der Waals surface area contributed by atoms with Crippen molar-refractivity contribution in [1.82, 2.24) is 4.57 Å². The number of hydrogen-bond acceptors (Lipinski definition) is 1. The number of para-hydroxylation sites is 1. The third-order valence-corrected chi connectivity index (χ3v) is 12.6. The molecule has 12 rings (SSSR count). The summed E-state index contributed by atoms with van der Waals surface area (Å²) in [5, 5.41) is 7.87. The number of anilines is 3. The van der Waals surface area contributed by atoms with Crippen molar-refractivity contribution >= 4 is 60.4 Å². The van der Waals surface area contributed by atoms with Crippen LogP contribution in [0.4, 0.5) is 17.1 Å². The van der Waals surface area contributed by atoms with Crippen molar-refractivity contribution in [3.8, 4) is 27.9 Å². The highest BCUT2D eigenvalue weighted by molar-refractivity contribution is 6.10. The Labute approximate surface area is 349 Å². The van der Waals surface area contributed by atoms with Crippen molar-refractivity contribution in [1.29, 1.82) is 0 Å². The Morgan fingerprint density at radius 1 is 0.333 bits per heavy atom. The quantitative estimate of drug-likeness (QED) is 0.164. The van der Waals surface area contributed by atoms with Crippen LogP contribution in [0.1, 0.15) is 22.3 Å². The van der Waals surface area contributed by atoms with Crippen LogP contribution in [0.2, 0.25) is 0 Å². The molecule has 0 saturated carbocycles. The Morgan fingerprint density at radius 2 is 0.900 bits per heavy atom. The van der Waals surface area contributed by atoms with Gasteiger partial charge in [0.05, 0.1) is 16.7 Å². The summed E-state index contributed by atoms with van der Waals surface area (Å²) in [5.41, 5.74) is 17.3. The first-order valence-corrected chi connectivity index (χ1v) is 20.9. The summed E-state index contributed by atoms with van der Waals surface area (Å²) in [5.74, 6) is 0. The molecule has 0 fully saturated rings. The Balaban J connectivity index is 1.03. The number of aromatic nitrogens is 1. The van der Waals surface area contributed by atoms with Crippen LogP contribution in [-0.4, -0.2) is 4.57 Å². The van der Waals surface area contributed by atoms with E-state index in [2.05, 4.69) is 228 Å². The summed E-state index contributed by atoms with van der Waals surface area (Å²) >= 11 is 0. The van der Waals surface area contributed by atoms with Crippen molar-refractivity contribution in [2.75, 3.05) is 4.90 Å². The van der Waals surface area contributed by atoms with E-state index in [1.54, 1.807) is 0 Å². The average molecular weight is 765 g/mol. The highest BCUT2D eigenvalue weighted by atomic mass is 15.1. The first-order valence-electron chi connectivity index (χ1n) is 20.9. The summed E-state index contributed by atoms with van der Waals surface area (Å²) < 4.78 is 2.41. The van der Waals surface area contributed by atoms with E-state index in [-0.39, 0.29) is 0 Å². The zero-order chi connectivity index (χ0) is 39.6. The van der Waals surface area contributed by atoms with Gasteiger partial charge in [-0.15, -0.1) is 0 Å². The molecule has 60 heavy (non-hydrogen) atoms. The van der Waals surface area contributed by atoms with Gasteiger partial charge in [0.25, 0.3) is 0 Å². The molecular formula is C58H40N2. The van der Waals surface area contributed by atoms with Crippen molar-refractivity contribution < 1.29 is 0 Å². The fourth-order valence-electron chi connectivity index (χ4n) is 9.94. The molecule has 1 aromatic heterocycles. The summed E-state index contributed by atoms with van der Waals surface area (Å²) in [7, 11) is 0. The van der Waals surface area contributed by atoms with Gasteiger partial charge in [-0.1, -0.05) is 158 Å². The average Bonchev–Trinajstić information content (AvgIpc) is 3.64. The van der Waals surface area contributed by atoms with E-state index in [1.165, 1.54) is 93.5 Å². The second-order valence-corrected chi connectivity index (χ2v) is 16.1. The molecule has 11 aromatic rings. The topological polar surface area (TPSA) is 8.17 Å². The molecule has 0 unspecified atom stereocenters. The number of rotatable bonds is 6. The monoisotopic (exact) mass is 764 g/mol. The molecule has 0 aliphatic heterocycles. The lowest BCUT2D eigenvalue weighted by atomic mass is 9.85. The molecule has 0 spiro atoms. The molecule has 10 aromatic carbocycles. The van der Waals surface area contributed by atoms with Crippen LogP contribution < -0.4 is 4.90 Å². The van der Waals surface area contributed by atoms with E-state index in [1.807, 2.05) is 0 Å². The second kappa shape index (κ2) is 14.0. The predicted molar refractivity (Wildman–Crippen MR) is 253 cm³/mol. The van der Waals surface area contributed by atoms with E-state index in [4.69, 9.17) is 0 Å². The summed E-state index contributed by atoms with van der Waals surface area (Å²) in [4.78, 5) is 2.46. The van der Waals surface area contributed by atoms with Crippen LogP contribution in [-0.2, 0) is 12.8 Å². The lowest BCUT2D eigenvalue weighted by Gasteiger charge is -2.29. The highest BCUT2D eigenvalue weighted by Crippen LogP contribution is 2.44. The van der Waals surface area contributed by atoms with Crippen molar-refractivity contribution in [2.45, 2.75) is 12.8 Å². The first-order chi connectivity index (χ1) is 29.7. The minimum Gasteiger partial charge on any atom is -0.310 e. The molecule has 2 heteroatoms. The number of hydrogen-bond donors (Lipinski definition) is 0. The molecule has 1 aliphatic rings. The second-order valence-electron chi connectivity index (χ2n) is 16.1. The maximum atomic E-state index is 2.46. The molecule has 0 bridgehead atoms. The lowest BCUT2D eigenvalue weighted by Crippen LogP contribution is -2.12. The first kappa shape index (κ1) is 34.4. The van der Waals surface area contributed by atoms with Gasteiger partial charge in [-0.3, -0.25) is 0 Å². The minimum atomic E-state index is 0.895. The maximum Gasteiger partial charge on any atom is 0.0541 e. The highest BCUT2D eigenvalue weighted by Gasteiger charge is 2.22. The zero-order valence-corrected chi connectivity index (χ0v) is 33.1. The van der Waals surface area contributed by atoms with Crippen LogP contribution in [0.25, 0.3) is 71.3 Å². The normalized spacial score (nSPS) is 12.2. The molecule has 0 N–H and O–H groups in total. The van der Waals surface area contributed by atoms with E-state index >= 15 is 0 Å². The van der Waals surface area contributed by atoms with Crippen LogP contribution in [0.15, 0.2) is 218 Å². The number of nitrogens with zero attached hydrogens (tertiary/aromatic N) is 2. The summed E-state index contributed by atoms with van der Waals surface area (Å²) in [6, 6.07) is 80.5. The van der Waals surface area contributed by atoms with Crippen LogP contribution >= 0.6 is 0 Å². The molecule has 2 nitrogen and oxygen atoms in total. The molecule has 0 radical (unpaired) electrons. The zero-order valence-electron chi connectivity index (χ0n) is 33.1. The van der Waals surface area contributed by atoms with E-state index in [9.17, 15) is 0 Å². The van der Waals surface area contributed by atoms with Crippen molar-refractivity contribution in [3.63, 3.8) is 0 Å². The van der Waals surface area contributed by atoms with Crippen LogP contribution in [0, 0.1) is 0 Å². The molecule has 0 amide bonds. The van der Waals surface area contributed by atoms with Gasteiger partial charge >= 0.3 is 0 Å². The fourth-order valence-corrected chi connectivity index (χ4v) is 9.94. The third kappa shape index (κ3) is 5.64. The van der Waals surface area contributed by atoms with Crippen molar-refractivity contribution in [2.24, 2.45) is 0 Å². The number of fused-ring (bicyclic) bond motifs is 3. The molecule has 282 valence electrons. The third-order valence-electron chi connectivity index (χ3n) is 12.6. The van der Waals surface area contributed by atoms with Gasteiger partial charge < -0.3 is 9.47 Å². The van der Waals surface area contributed by atoms with E-state index in [0.717, 1.165) is 29.9 Å². The maximum absolute atomic E-state index is 2.46. The van der Waals surface area contributed by atoms with Gasteiger partial charge in [0, 0.05) is 33.2 Å². The SMILES string of the molecule is c1ccc(-c2cccc(N(c3ccc(-n4c5ccccc5c5cc(-c6ccccc6)ccc54)cc3)c3ccc4c5c(cccc35)Cc3cccc5cccc(c35)C4)c2)cc1. The summed E-state index contributed by atoms with van der Waals surface area (Å²) in [6.07, 6.45) is 1.79. The lowest BCUT2D eigenvalue weighted by molar-refractivity contribution is 1.16. The van der Waals surface area contributed by atoms with Crippen LogP contribution in [0.3, 0.4) is 0 Å². The van der Waals surface area contributed by atoms with Gasteiger partial charge in [-0.25, -0.2) is 0 Å². The van der Waals surface area contributed by atoms with Gasteiger partial charge in [-0.2, -0.15) is 0 Å². The number of benzene rings is 10. The van der Waals surface area contributed by atoms with Gasteiger partial charge in [-0.05, 0) is 134 Å². The molecule has 1 heterocycles. The molecule has 0 atom stereocenters. The molecular weight excluding hydrogens is 725 g/mol. The Kier molecular flexibility index (Phi) is 8.02. The van der Waals surface area contributed by atoms with Gasteiger partial charge in [0.1, 0.15) is 0 Å². The van der Waals surface area contributed by atoms with Crippen LogP contribution in [0.5, 0.6) is 0 Å². The van der Waals surface area contributed by atoms with E-state index in [0.29, 0.717) is 0 Å². The van der Waals surface area contributed by atoms with Gasteiger partial charge in [0.2, 0.25) is 0 Å². The fraction of sp³-hybridized carbons (Fsp3) is 0.0345. The molecule has 0 saturated heterocycles.